The summed E-state index contributed by atoms with van der Waals surface area (Å²) in [4.78, 5) is 24.0. The zero-order valence-corrected chi connectivity index (χ0v) is 15.0. The van der Waals surface area contributed by atoms with Crippen LogP contribution in [0.4, 0.5) is 5.69 Å². The van der Waals surface area contributed by atoms with Crippen LogP contribution in [-0.4, -0.2) is 22.1 Å². The summed E-state index contributed by atoms with van der Waals surface area (Å²) >= 11 is 3.24. The molecule has 6 heteroatoms. The van der Waals surface area contributed by atoms with E-state index in [1.807, 2.05) is 30.3 Å². The third-order valence-corrected chi connectivity index (χ3v) is 4.30. The molecule has 0 aliphatic rings. The van der Waals surface area contributed by atoms with Gasteiger partial charge in [0, 0.05) is 4.47 Å². The number of hydrogen-bond donors (Lipinski definition) is 3. The van der Waals surface area contributed by atoms with Gasteiger partial charge in [-0.3, -0.25) is 4.79 Å². The van der Waals surface area contributed by atoms with Crippen molar-refractivity contribution in [3.05, 3.63) is 82.3 Å². The zero-order chi connectivity index (χ0) is 18.7. The molecule has 3 aromatic rings. The molecule has 1 amide bonds. The van der Waals surface area contributed by atoms with E-state index in [-0.39, 0.29) is 22.6 Å². The van der Waals surface area contributed by atoms with Crippen molar-refractivity contribution in [2.75, 3.05) is 5.32 Å². The molecule has 0 aliphatic carbocycles. The number of carbonyl (C=O) groups excluding carboxylic acids is 1. The topological polar surface area (TPSA) is 86.6 Å². The lowest BCUT2D eigenvalue weighted by molar-refractivity contribution is 0.0698. The van der Waals surface area contributed by atoms with E-state index in [1.54, 1.807) is 18.2 Å². The number of carboxylic acid groups (broad SMARTS) is 1. The highest BCUT2D eigenvalue weighted by Crippen LogP contribution is 2.28. The second-order valence-electron chi connectivity index (χ2n) is 5.55. The van der Waals surface area contributed by atoms with Crippen molar-refractivity contribution in [3.63, 3.8) is 0 Å². The summed E-state index contributed by atoms with van der Waals surface area (Å²) in [7, 11) is 0. The normalized spacial score (nSPS) is 10.3. The summed E-state index contributed by atoms with van der Waals surface area (Å²) in [6, 6.07) is 18.6. The Bertz CT molecular complexity index is 986. The molecule has 0 heterocycles. The molecule has 0 atom stereocenters. The molecule has 0 unspecified atom stereocenters. The molecule has 0 aliphatic heterocycles. The van der Waals surface area contributed by atoms with Gasteiger partial charge in [-0.1, -0.05) is 52.3 Å². The maximum atomic E-state index is 12.5. The van der Waals surface area contributed by atoms with Crippen molar-refractivity contribution in [1.29, 1.82) is 0 Å². The Kier molecular flexibility index (Phi) is 5.04. The number of aromatic carboxylic acids is 1. The minimum Gasteiger partial charge on any atom is -0.507 e. The molecule has 26 heavy (non-hydrogen) atoms. The molecule has 0 fully saturated rings. The first-order chi connectivity index (χ1) is 12.5. The fourth-order valence-corrected chi connectivity index (χ4v) is 2.89. The highest BCUT2D eigenvalue weighted by atomic mass is 79.9. The van der Waals surface area contributed by atoms with Crippen LogP contribution in [0.1, 0.15) is 20.7 Å². The molecule has 5 nitrogen and oxygen atoms in total. The number of phenolic OH excluding ortho intramolecular Hbond substituents is 1. The lowest BCUT2D eigenvalue weighted by atomic mass is 10.0. The Morgan fingerprint density at radius 2 is 1.58 bits per heavy atom. The smallest absolute Gasteiger partial charge is 0.337 e. The largest absolute Gasteiger partial charge is 0.507 e. The van der Waals surface area contributed by atoms with Gasteiger partial charge in [0.2, 0.25) is 0 Å². The Hall–Kier alpha value is -3.12. The Morgan fingerprint density at radius 3 is 2.27 bits per heavy atom. The number of carbonyl (C=O) groups is 2. The van der Waals surface area contributed by atoms with Crippen molar-refractivity contribution < 1.29 is 19.8 Å². The molecule has 0 bridgehead atoms. The monoisotopic (exact) mass is 411 g/mol. The van der Waals surface area contributed by atoms with E-state index < -0.39 is 11.9 Å². The highest BCUT2D eigenvalue weighted by Gasteiger charge is 2.17. The second-order valence-corrected chi connectivity index (χ2v) is 6.46. The number of phenols is 1. The van der Waals surface area contributed by atoms with Crippen LogP contribution in [-0.2, 0) is 0 Å². The molecule has 3 N–H and O–H groups in total. The van der Waals surface area contributed by atoms with Crippen LogP contribution >= 0.6 is 15.9 Å². The van der Waals surface area contributed by atoms with Gasteiger partial charge in [0.1, 0.15) is 5.75 Å². The lowest BCUT2D eigenvalue weighted by Crippen LogP contribution is -2.15. The summed E-state index contributed by atoms with van der Waals surface area (Å²) in [6.45, 7) is 0. The number of amides is 1. The van der Waals surface area contributed by atoms with Gasteiger partial charge < -0.3 is 15.5 Å². The van der Waals surface area contributed by atoms with Gasteiger partial charge in [0.05, 0.1) is 16.8 Å². The number of hydrogen-bond acceptors (Lipinski definition) is 3. The van der Waals surface area contributed by atoms with Crippen LogP contribution in [0.5, 0.6) is 5.75 Å². The van der Waals surface area contributed by atoms with E-state index in [0.717, 1.165) is 11.1 Å². The third-order valence-electron chi connectivity index (χ3n) is 3.81. The van der Waals surface area contributed by atoms with Crippen molar-refractivity contribution >= 4 is 33.5 Å². The lowest BCUT2D eigenvalue weighted by Gasteiger charge is -2.12. The van der Waals surface area contributed by atoms with E-state index in [9.17, 15) is 19.8 Å². The van der Waals surface area contributed by atoms with E-state index in [1.165, 1.54) is 18.2 Å². The molecule has 0 saturated heterocycles. The molecule has 3 rings (SSSR count). The fraction of sp³-hybridized carbons (Fsp3) is 0. The van der Waals surface area contributed by atoms with E-state index >= 15 is 0 Å². The third kappa shape index (κ3) is 3.75. The average molecular weight is 412 g/mol. The maximum Gasteiger partial charge on any atom is 0.337 e. The van der Waals surface area contributed by atoms with Crippen molar-refractivity contribution in [1.82, 2.24) is 0 Å². The second kappa shape index (κ2) is 7.41. The molecule has 0 saturated carbocycles. The standard InChI is InChI=1S/C20H14BrNO4/c21-14-7-9-18(23)16(11-14)19(24)22-17-10-13(6-8-15(17)20(25)26)12-4-2-1-3-5-12/h1-11,23H,(H,22,24)(H,25,26). The molecular weight excluding hydrogens is 398 g/mol. The summed E-state index contributed by atoms with van der Waals surface area (Å²) < 4.78 is 0.622. The fourth-order valence-electron chi connectivity index (χ4n) is 2.52. The van der Waals surface area contributed by atoms with Crippen LogP contribution in [0.15, 0.2) is 71.2 Å². The summed E-state index contributed by atoms with van der Waals surface area (Å²) in [6.07, 6.45) is 0. The Labute approximate surface area is 158 Å². The number of anilines is 1. The number of halogens is 1. The predicted octanol–water partition coefficient (Wildman–Crippen LogP) is 4.77. The Morgan fingerprint density at radius 1 is 0.846 bits per heavy atom. The summed E-state index contributed by atoms with van der Waals surface area (Å²) in [5.74, 6) is -1.95. The maximum absolute atomic E-state index is 12.5. The minimum atomic E-state index is -1.15. The number of carboxylic acids is 1. The SMILES string of the molecule is O=C(Nc1cc(-c2ccccc2)ccc1C(=O)O)c1cc(Br)ccc1O. The van der Waals surface area contributed by atoms with Gasteiger partial charge in [0.15, 0.2) is 0 Å². The highest BCUT2D eigenvalue weighted by molar-refractivity contribution is 9.10. The number of aromatic hydroxyl groups is 1. The zero-order valence-electron chi connectivity index (χ0n) is 13.4. The van der Waals surface area contributed by atoms with Crippen molar-refractivity contribution in [3.8, 4) is 16.9 Å². The van der Waals surface area contributed by atoms with Gasteiger partial charge >= 0.3 is 5.97 Å². The van der Waals surface area contributed by atoms with Gasteiger partial charge in [-0.15, -0.1) is 0 Å². The quantitative estimate of drug-likeness (QED) is 0.576. The van der Waals surface area contributed by atoms with Crippen molar-refractivity contribution in [2.24, 2.45) is 0 Å². The van der Waals surface area contributed by atoms with Crippen LogP contribution in [0.3, 0.4) is 0 Å². The number of nitrogens with one attached hydrogen (secondary N) is 1. The average Bonchev–Trinajstić information content (AvgIpc) is 2.64. The van der Waals surface area contributed by atoms with Crippen LogP contribution in [0.2, 0.25) is 0 Å². The molecule has 0 spiro atoms. The van der Waals surface area contributed by atoms with Crippen LogP contribution < -0.4 is 5.32 Å². The summed E-state index contributed by atoms with van der Waals surface area (Å²) in [5, 5.41) is 21.9. The van der Waals surface area contributed by atoms with E-state index in [2.05, 4.69) is 21.2 Å². The van der Waals surface area contributed by atoms with Gasteiger partial charge in [-0.05, 0) is 41.5 Å². The molecular formula is C20H14BrNO4. The van der Waals surface area contributed by atoms with Crippen LogP contribution in [0, 0.1) is 0 Å². The first-order valence-corrected chi connectivity index (χ1v) is 8.47. The number of benzene rings is 3. The Balaban J connectivity index is 2.01. The van der Waals surface area contributed by atoms with Gasteiger partial charge in [0.25, 0.3) is 5.91 Å². The van der Waals surface area contributed by atoms with Crippen molar-refractivity contribution in [2.45, 2.75) is 0 Å². The first-order valence-electron chi connectivity index (χ1n) is 7.68. The predicted molar refractivity (Wildman–Crippen MR) is 103 cm³/mol. The minimum absolute atomic E-state index is 0.0347. The van der Waals surface area contributed by atoms with E-state index in [0.29, 0.717) is 4.47 Å². The first kappa shape index (κ1) is 17.7. The van der Waals surface area contributed by atoms with Crippen LogP contribution in [0.25, 0.3) is 11.1 Å². The number of rotatable bonds is 4. The molecule has 130 valence electrons. The van der Waals surface area contributed by atoms with Gasteiger partial charge in [-0.2, -0.15) is 0 Å². The molecule has 0 radical (unpaired) electrons. The summed E-state index contributed by atoms with van der Waals surface area (Å²) in [5.41, 5.74) is 1.83. The molecule has 0 aromatic heterocycles. The molecule has 3 aromatic carbocycles. The van der Waals surface area contributed by atoms with E-state index in [4.69, 9.17) is 0 Å². The van der Waals surface area contributed by atoms with Gasteiger partial charge in [-0.25, -0.2) is 4.79 Å².